The van der Waals surface area contributed by atoms with E-state index in [2.05, 4.69) is 10.6 Å². The second-order valence-electron chi connectivity index (χ2n) is 6.62. The van der Waals surface area contributed by atoms with Gasteiger partial charge < -0.3 is 19.8 Å². The third-order valence-corrected chi connectivity index (χ3v) is 4.80. The molecule has 0 aliphatic carbocycles. The van der Waals surface area contributed by atoms with Gasteiger partial charge in [0.25, 0.3) is 5.91 Å². The average molecular weight is 328 g/mol. The number of amides is 1. The summed E-state index contributed by atoms with van der Waals surface area (Å²) in [5, 5.41) is 7.43. The number of carbonyl (C=O) groups excluding carboxylic acids is 1. The molecule has 2 atom stereocenters. The zero-order chi connectivity index (χ0) is 16.5. The van der Waals surface area contributed by atoms with E-state index in [1.807, 2.05) is 0 Å². The van der Waals surface area contributed by atoms with Crippen molar-refractivity contribution >= 4 is 16.9 Å². The fourth-order valence-electron chi connectivity index (χ4n) is 3.72. The van der Waals surface area contributed by atoms with E-state index in [4.69, 9.17) is 9.15 Å². The minimum absolute atomic E-state index is 0.0398. The van der Waals surface area contributed by atoms with Crippen LogP contribution in [0.2, 0.25) is 0 Å². The summed E-state index contributed by atoms with van der Waals surface area (Å²) in [5.41, 5.74) is 0.0493. The van der Waals surface area contributed by atoms with Crippen LogP contribution in [0.5, 0.6) is 5.75 Å². The maximum Gasteiger partial charge on any atom is 0.336 e. The van der Waals surface area contributed by atoms with E-state index in [0.717, 1.165) is 18.2 Å². The van der Waals surface area contributed by atoms with Gasteiger partial charge in [0.2, 0.25) is 0 Å². The summed E-state index contributed by atoms with van der Waals surface area (Å²) in [6.45, 7) is -0.0398. The average Bonchev–Trinajstić information content (AvgIpc) is 2.91. The molecule has 2 bridgehead atoms. The number of rotatable bonds is 4. The van der Waals surface area contributed by atoms with E-state index in [-0.39, 0.29) is 18.6 Å². The van der Waals surface area contributed by atoms with Crippen molar-refractivity contribution in [1.29, 1.82) is 0 Å². The number of ether oxygens (including phenoxy) is 1. The Balaban J connectivity index is 1.34. The first-order chi connectivity index (χ1) is 11.7. The van der Waals surface area contributed by atoms with Crippen molar-refractivity contribution in [3.63, 3.8) is 0 Å². The molecule has 1 aromatic heterocycles. The Bertz CT molecular complexity index is 804. The van der Waals surface area contributed by atoms with E-state index < -0.39 is 5.63 Å². The summed E-state index contributed by atoms with van der Waals surface area (Å²) < 4.78 is 10.7. The van der Waals surface area contributed by atoms with Crippen LogP contribution < -0.4 is 21.0 Å². The van der Waals surface area contributed by atoms with Gasteiger partial charge in [0.1, 0.15) is 11.3 Å². The predicted molar refractivity (Wildman–Crippen MR) is 89.1 cm³/mol. The van der Waals surface area contributed by atoms with Crippen molar-refractivity contribution in [2.75, 3.05) is 6.61 Å². The van der Waals surface area contributed by atoms with Gasteiger partial charge in [0, 0.05) is 35.6 Å². The quantitative estimate of drug-likeness (QED) is 0.833. The van der Waals surface area contributed by atoms with Crippen LogP contribution in [0.4, 0.5) is 0 Å². The summed E-state index contributed by atoms with van der Waals surface area (Å²) in [6, 6.07) is 9.59. The van der Waals surface area contributed by atoms with Gasteiger partial charge in [0.05, 0.1) is 0 Å². The van der Waals surface area contributed by atoms with Crippen LogP contribution in [0.1, 0.15) is 25.7 Å². The summed E-state index contributed by atoms with van der Waals surface area (Å²) in [7, 11) is 0. The molecule has 126 valence electrons. The molecule has 24 heavy (non-hydrogen) atoms. The van der Waals surface area contributed by atoms with Gasteiger partial charge in [-0.3, -0.25) is 4.79 Å². The summed E-state index contributed by atoms with van der Waals surface area (Å²) >= 11 is 0. The molecule has 3 heterocycles. The first-order valence-corrected chi connectivity index (χ1v) is 8.38. The van der Waals surface area contributed by atoms with Gasteiger partial charge in [-0.2, -0.15) is 0 Å². The molecular formula is C18H20N2O4. The van der Waals surface area contributed by atoms with Crippen molar-refractivity contribution in [3.05, 3.63) is 40.8 Å². The molecule has 2 N–H and O–H groups in total. The molecule has 2 saturated heterocycles. The molecule has 2 aromatic rings. The van der Waals surface area contributed by atoms with E-state index in [0.29, 0.717) is 23.4 Å². The third kappa shape index (κ3) is 3.28. The third-order valence-electron chi connectivity index (χ3n) is 4.80. The molecule has 2 fully saturated rings. The van der Waals surface area contributed by atoms with Gasteiger partial charge in [-0.15, -0.1) is 0 Å². The molecule has 1 amide bonds. The van der Waals surface area contributed by atoms with Gasteiger partial charge >= 0.3 is 5.63 Å². The second kappa shape index (κ2) is 6.28. The van der Waals surface area contributed by atoms with Gasteiger partial charge in [-0.1, -0.05) is 0 Å². The molecule has 6 nitrogen and oxygen atoms in total. The fraction of sp³-hybridized carbons (Fsp3) is 0.444. The zero-order valence-corrected chi connectivity index (χ0v) is 13.3. The molecule has 6 heteroatoms. The number of fused-ring (bicyclic) bond motifs is 3. The highest BCUT2D eigenvalue weighted by Gasteiger charge is 2.33. The van der Waals surface area contributed by atoms with Crippen LogP contribution in [0, 0.1) is 0 Å². The van der Waals surface area contributed by atoms with Gasteiger partial charge in [-0.25, -0.2) is 4.79 Å². The molecule has 2 aliphatic heterocycles. The van der Waals surface area contributed by atoms with Crippen LogP contribution in [-0.2, 0) is 4.79 Å². The van der Waals surface area contributed by atoms with Crippen molar-refractivity contribution in [1.82, 2.24) is 10.6 Å². The lowest BCUT2D eigenvalue weighted by molar-refractivity contribution is -0.124. The zero-order valence-electron chi connectivity index (χ0n) is 13.3. The van der Waals surface area contributed by atoms with Crippen molar-refractivity contribution in [2.24, 2.45) is 0 Å². The number of hydrogen-bond donors (Lipinski definition) is 2. The highest BCUT2D eigenvalue weighted by atomic mass is 16.5. The lowest BCUT2D eigenvalue weighted by Crippen LogP contribution is -2.48. The van der Waals surface area contributed by atoms with Gasteiger partial charge in [0.15, 0.2) is 6.61 Å². The minimum atomic E-state index is -0.405. The normalized spacial score (nSPS) is 25.6. The van der Waals surface area contributed by atoms with Crippen LogP contribution in [0.3, 0.4) is 0 Å². The standard InChI is InChI=1S/C18H20N2O4/c21-17(20-14-7-12-3-4-13(8-14)19-12)10-23-15-5-1-11-2-6-18(22)24-16(11)9-15/h1-2,5-6,9,12-14,19H,3-4,7-8,10H2,(H,20,21). The summed E-state index contributed by atoms with van der Waals surface area (Å²) in [4.78, 5) is 23.4. The molecule has 1 aromatic carbocycles. The molecule has 4 rings (SSSR count). The second-order valence-corrected chi connectivity index (χ2v) is 6.62. The van der Waals surface area contributed by atoms with Crippen molar-refractivity contribution in [2.45, 2.75) is 43.8 Å². The van der Waals surface area contributed by atoms with Crippen LogP contribution in [-0.4, -0.2) is 30.6 Å². The smallest absolute Gasteiger partial charge is 0.336 e. The van der Waals surface area contributed by atoms with E-state index in [1.54, 1.807) is 24.3 Å². The maximum atomic E-state index is 12.1. The minimum Gasteiger partial charge on any atom is -0.484 e. The maximum absolute atomic E-state index is 12.1. The molecule has 2 aliphatic rings. The lowest BCUT2D eigenvalue weighted by atomic mass is 10.00. The van der Waals surface area contributed by atoms with E-state index in [1.165, 1.54) is 18.9 Å². The number of piperidine rings is 1. The van der Waals surface area contributed by atoms with E-state index >= 15 is 0 Å². The Hall–Kier alpha value is -2.34. The number of benzene rings is 1. The van der Waals surface area contributed by atoms with Crippen molar-refractivity contribution < 1.29 is 13.9 Å². The SMILES string of the molecule is O=C(COc1ccc2ccc(=O)oc2c1)NC1CC2CCC(C1)N2. The molecular weight excluding hydrogens is 308 g/mol. The monoisotopic (exact) mass is 328 g/mol. The fourth-order valence-corrected chi connectivity index (χ4v) is 3.72. The topological polar surface area (TPSA) is 80.6 Å². The summed E-state index contributed by atoms with van der Waals surface area (Å²) in [5.74, 6) is 0.397. The summed E-state index contributed by atoms with van der Waals surface area (Å²) in [6.07, 6.45) is 4.39. The van der Waals surface area contributed by atoms with Gasteiger partial charge in [-0.05, 0) is 43.9 Å². The van der Waals surface area contributed by atoms with Crippen LogP contribution in [0.15, 0.2) is 39.5 Å². The first kappa shape index (κ1) is 15.2. The molecule has 0 spiro atoms. The molecule has 0 radical (unpaired) electrons. The Morgan fingerprint density at radius 2 is 1.96 bits per heavy atom. The predicted octanol–water partition coefficient (Wildman–Crippen LogP) is 1.57. The Morgan fingerprint density at radius 1 is 1.21 bits per heavy atom. The number of nitrogens with one attached hydrogen (secondary N) is 2. The highest BCUT2D eigenvalue weighted by molar-refractivity contribution is 5.79. The van der Waals surface area contributed by atoms with Crippen molar-refractivity contribution in [3.8, 4) is 5.75 Å². The van der Waals surface area contributed by atoms with Crippen LogP contribution >= 0.6 is 0 Å². The molecule has 2 unspecified atom stereocenters. The number of carbonyl (C=O) groups is 1. The Labute approximate surface area is 139 Å². The molecule has 0 saturated carbocycles. The lowest BCUT2D eigenvalue weighted by Gasteiger charge is -2.29. The largest absolute Gasteiger partial charge is 0.484 e. The van der Waals surface area contributed by atoms with E-state index in [9.17, 15) is 9.59 Å². The van der Waals surface area contributed by atoms with Crippen LogP contribution in [0.25, 0.3) is 11.0 Å². The Kier molecular flexibility index (Phi) is 3.98. The first-order valence-electron chi connectivity index (χ1n) is 8.38. The number of hydrogen-bond acceptors (Lipinski definition) is 5. The Morgan fingerprint density at radius 3 is 2.75 bits per heavy atom. The highest BCUT2D eigenvalue weighted by Crippen LogP contribution is 2.26.